The second-order valence-electron chi connectivity index (χ2n) is 6.28. The van der Waals surface area contributed by atoms with Gasteiger partial charge in [0, 0.05) is 17.4 Å². The van der Waals surface area contributed by atoms with Crippen LogP contribution in [0.1, 0.15) is 29.3 Å². The number of hydrogen-bond acceptors (Lipinski definition) is 3. The predicted octanol–water partition coefficient (Wildman–Crippen LogP) is 5.27. The van der Waals surface area contributed by atoms with Crippen LogP contribution in [0.5, 0.6) is 0 Å². The number of nitrogens with zero attached hydrogens (tertiary/aromatic N) is 2. The summed E-state index contributed by atoms with van der Waals surface area (Å²) in [5, 5.41) is 10.6. The predicted molar refractivity (Wildman–Crippen MR) is 114 cm³/mol. The van der Waals surface area contributed by atoms with Gasteiger partial charge in [0.1, 0.15) is 11.5 Å². The van der Waals surface area contributed by atoms with Crippen molar-refractivity contribution in [1.29, 1.82) is 0 Å². The molecular formula is C21H18BrN3OS. The number of benzene rings is 2. The molecule has 1 aromatic heterocycles. The third kappa shape index (κ3) is 4.12. The van der Waals surface area contributed by atoms with E-state index in [4.69, 9.17) is 21.7 Å². The van der Waals surface area contributed by atoms with E-state index >= 15 is 0 Å². The van der Waals surface area contributed by atoms with E-state index < -0.39 is 0 Å². The van der Waals surface area contributed by atoms with Crippen molar-refractivity contribution in [2.75, 3.05) is 0 Å². The molecule has 0 spiro atoms. The minimum atomic E-state index is 0.0361. The molecule has 2 aromatic carbocycles. The Labute approximate surface area is 172 Å². The highest BCUT2D eigenvalue weighted by atomic mass is 79.9. The van der Waals surface area contributed by atoms with Crippen LogP contribution in [0.2, 0.25) is 0 Å². The Morgan fingerprint density at radius 3 is 2.59 bits per heavy atom. The fourth-order valence-electron chi connectivity index (χ4n) is 3.09. The van der Waals surface area contributed by atoms with Gasteiger partial charge in [-0.15, -0.1) is 0 Å². The maximum absolute atomic E-state index is 5.67. The zero-order chi connectivity index (χ0) is 18.6. The van der Waals surface area contributed by atoms with Crippen LogP contribution in [0.3, 0.4) is 0 Å². The molecule has 1 aliphatic heterocycles. The summed E-state index contributed by atoms with van der Waals surface area (Å²) in [4.78, 5) is 0. The summed E-state index contributed by atoms with van der Waals surface area (Å²) in [7, 11) is 0. The van der Waals surface area contributed by atoms with Crippen LogP contribution in [0, 0.1) is 0 Å². The van der Waals surface area contributed by atoms with Crippen molar-refractivity contribution in [3.05, 3.63) is 94.4 Å². The lowest BCUT2D eigenvalue weighted by Gasteiger charge is -2.25. The van der Waals surface area contributed by atoms with Crippen LogP contribution >= 0.6 is 28.1 Å². The van der Waals surface area contributed by atoms with Crippen molar-refractivity contribution >= 4 is 39.0 Å². The first-order chi connectivity index (χ1) is 13.2. The molecular weight excluding hydrogens is 422 g/mol. The van der Waals surface area contributed by atoms with Crippen LogP contribution in [0.15, 0.2) is 87.0 Å². The Morgan fingerprint density at radius 1 is 1.11 bits per heavy atom. The van der Waals surface area contributed by atoms with E-state index in [9.17, 15) is 0 Å². The highest BCUT2D eigenvalue weighted by molar-refractivity contribution is 9.10. The zero-order valence-electron chi connectivity index (χ0n) is 14.5. The number of nitrogens with one attached hydrogen (secondary N) is 1. The minimum absolute atomic E-state index is 0.0361. The van der Waals surface area contributed by atoms with E-state index in [-0.39, 0.29) is 6.04 Å². The molecule has 0 aliphatic carbocycles. The fraction of sp³-hybridized carbons (Fsp3) is 0.143. The summed E-state index contributed by atoms with van der Waals surface area (Å²) < 4.78 is 6.60. The van der Waals surface area contributed by atoms with Crippen molar-refractivity contribution < 1.29 is 4.42 Å². The van der Waals surface area contributed by atoms with Gasteiger partial charge in [-0.2, -0.15) is 5.10 Å². The average Bonchev–Trinajstić information content (AvgIpc) is 3.37. The standard InChI is InChI=1S/C21H18BrN3OS/c22-17-10-8-16(9-11-17)19-13-18(20-7-4-12-26-20)24-25(19)21(27)23-14-15-5-2-1-3-6-15/h1-12,19H,13-14H2,(H,23,27)/t19-/m1/s1. The number of hydrazone groups is 1. The SMILES string of the molecule is S=C(NCc1ccccc1)N1N=C(c2ccco2)C[C@@H]1c1ccc(Br)cc1. The van der Waals surface area contributed by atoms with Crippen LogP contribution in [0.25, 0.3) is 0 Å². The largest absolute Gasteiger partial charge is 0.463 e. The van der Waals surface area contributed by atoms with Gasteiger partial charge >= 0.3 is 0 Å². The summed E-state index contributed by atoms with van der Waals surface area (Å²) in [6.07, 6.45) is 2.41. The third-order valence-corrected chi connectivity index (χ3v) is 5.33. The smallest absolute Gasteiger partial charge is 0.190 e. The quantitative estimate of drug-likeness (QED) is 0.562. The van der Waals surface area contributed by atoms with Crippen LogP contribution in [-0.4, -0.2) is 15.8 Å². The number of rotatable bonds is 4. The maximum Gasteiger partial charge on any atom is 0.190 e. The van der Waals surface area contributed by atoms with E-state index in [0.717, 1.165) is 27.9 Å². The first kappa shape index (κ1) is 17.9. The molecule has 3 aromatic rings. The van der Waals surface area contributed by atoms with Crippen LogP contribution in [0.4, 0.5) is 0 Å². The fourth-order valence-corrected chi connectivity index (χ4v) is 3.59. The molecule has 0 radical (unpaired) electrons. The summed E-state index contributed by atoms with van der Waals surface area (Å²) in [5.74, 6) is 0.783. The second-order valence-corrected chi connectivity index (χ2v) is 7.59. The Hall–Kier alpha value is -2.44. The third-order valence-electron chi connectivity index (χ3n) is 4.47. The van der Waals surface area contributed by atoms with Gasteiger partial charge in [0.05, 0.1) is 12.3 Å². The second kappa shape index (κ2) is 8.06. The molecule has 136 valence electrons. The Bertz CT molecular complexity index is 939. The first-order valence-electron chi connectivity index (χ1n) is 8.68. The van der Waals surface area contributed by atoms with Gasteiger partial charge in [-0.05, 0) is 47.6 Å². The van der Waals surface area contributed by atoms with E-state index in [1.165, 1.54) is 5.56 Å². The Morgan fingerprint density at radius 2 is 1.89 bits per heavy atom. The molecule has 0 saturated carbocycles. The van der Waals surface area contributed by atoms with Crippen LogP contribution < -0.4 is 5.32 Å². The summed E-state index contributed by atoms with van der Waals surface area (Å²) in [6.45, 7) is 0.662. The van der Waals surface area contributed by atoms with E-state index in [1.807, 2.05) is 47.5 Å². The van der Waals surface area contributed by atoms with E-state index in [2.05, 4.69) is 45.5 Å². The number of hydrogen-bond donors (Lipinski definition) is 1. The minimum Gasteiger partial charge on any atom is -0.463 e. The van der Waals surface area contributed by atoms with Crippen molar-refractivity contribution in [2.24, 2.45) is 5.10 Å². The van der Waals surface area contributed by atoms with Crippen molar-refractivity contribution in [2.45, 2.75) is 19.0 Å². The average molecular weight is 440 g/mol. The molecule has 1 N–H and O–H groups in total. The summed E-state index contributed by atoms with van der Waals surface area (Å²) >= 11 is 9.16. The Balaban J connectivity index is 1.56. The molecule has 0 saturated heterocycles. The molecule has 1 atom stereocenters. The molecule has 0 fully saturated rings. The van der Waals surface area contributed by atoms with Gasteiger partial charge in [0.15, 0.2) is 5.11 Å². The number of thiocarbonyl (C=S) groups is 1. The topological polar surface area (TPSA) is 40.8 Å². The van der Waals surface area contributed by atoms with Gasteiger partial charge in [-0.3, -0.25) is 0 Å². The normalized spacial score (nSPS) is 16.3. The van der Waals surface area contributed by atoms with Gasteiger partial charge in [-0.1, -0.05) is 58.4 Å². The summed E-state index contributed by atoms with van der Waals surface area (Å²) in [6, 6.07) is 22.3. The van der Waals surface area contributed by atoms with E-state index in [0.29, 0.717) is 11.7 Å². The monoisotopic (exact) mass is 439 g/mol. The van der Waals surface area contributed by atoms with Crippen LogP contribution in [-0.2, 0) is 6.54 Å². The molecule has 0 amide bonds. The van der Waals surface area contributed by atoms with Gasteiger partial charge < -0.3 is 9.73 Å². The highest BCUT2D eigenvalue weighted by Crippen LogP contribution is 2.33. The maximum atomic E-state index is 5.67. The number of halogens is 1. The Kier molecular flexibility index (Phi) is 5.36. The van der Waals surface area contributed by atoms with Gasteiger partial charge in [0.25, 0.3) is 0 Å². The lowest BCUT2D eigenvalue weighted by molar-refractivity contribution is 0.364. The first-order valence-corrected chi connectivity index (χ1v) is 9.88. The molecule has 6 heteroatoms. The molecule has 2 heterocycles. The number of furan rings is 1. The van der Waals surface area contributed by atoms with Crippen molar-refractivity contribution in [1.82, 2.24) is 10.3 Å². The zero-order valence-corrected chi connectivity index (χ0v) is 16.9. The molecule has 0 bridgehead atoms. The van der Waals surface area contributed by atoms with Crippen molar-refractivity contribution in [3.63, 3.8) is 0 Å². The summed E-state index contributed by atoms with van der Waals surface area (Å²) in [5.41, 5.74) is 3.23. The van der Waals surface area contributed by atoms with Crippen molar-refractivity contribution in [3.8, 4) is 0 Å². The van der Waals surface area contributed by atoms with Gasteiger partial charge in [0.2, 0.25) is 0 Å². The molecule has 4 rings (SSSR count). The molecule has 1 aliphatic rings. The molecule has 27 heavy (non-hydrogen) atoms. The van der Waals surface area contributed by atoms with E-state index in [1.54, 1.807) is 6.26 Å². The molecule has 0 unspecified atom stereocenters. The van der Waals surface area contributed by atoms with Gasteiger partial charge in [-0.25, -0.2) is 5.01 Å². The molecule has 4 nitrogen and oxygen atoms in total. The lowest BCUT2D eigenvalue weighted by atomic mass is 10.0. The lowest BCUT2D eigenvalue weighted by Crippen LogP contribution is -2.36. The highest BCUT2D eigenvalue weighted by Gasteiger charge is 2.32.